The van der Waals surface area contributed by atoms with Gasteiger partial charge in [-0.2, -0.15) is 24.4 Å². The zero-order valence-corrected chi connectivity index (χ0v) is 9.61. The summed E-state index contributed by atoms with van der Waals surface area (Å²) in [5, 5.41) is 2.46. The predicted octanol–water partition coefficient (Wildman–Crippen LogP) is -1.42. The first kappa shape index (κ1) is 13.6. The van der Waals surface area contributed by atoms with Crippen LogP contribution in [0.4, 0.5) is 0 Å². The van der Waals surface area contributed by atoms with Gasteiger partial charge in [-0.05, 0) is 6.26 Å². The fraction of sp³-hybridized carbons (Fsp3) is 0.714. The van der Waals surface area contributed by atoms with Gasteiger partial charge >= 0.3 is 0 Å². The van der Waals surface area contributed by atoms with E-state index in [4.69, 9.17) is 11.5 Å². The van der Waals surface area contributed by atoms with Crippen LogP contribution < -0.4 is 16.8 Å². The minimum Gasteiger partial charge on any atom is -0.368 e. The summed E-state index contributed by atoms with van der Waals surface area (Å²) < 4.78 is 0. The predicted molar refractivity (Wildman–Crippen MR) is 61.3 cm³/mol. The van der Waals surface area contributed by atoms with Gasteiger partial charge < -0.3 is 16.8 Å². The Balaban J connectivity index is 4.15. The van der Waals surface area contributed by atoms with E-state index in [-0.39, 0.29) is 5.75 Å². The Bertz CT molecular complexity index is 213. The molecule has 0 rings (SSSR count). The van der Waals surface area contributed by atoms with Crippen molar-refractivity contribution in [2.24, 2.45) is 11.5 Å². The lowest BCUT2D eigenvalue weighted by Crippen LogP contribution is -2.52. The molecule has 0 spiro atoms. The van der Waals surface area contributed by atoms with E-state index >= 15 is 0 Å². The molecule has 0 bridgehead atoms. The summed E-state index contributed by atoms with van der Waals surface area (Å²) in [6.45, 7) is 0. The van der Waals surface area contributed by atoms with Gasteiger partial charge in [-0.15, -0.1) is 0 Å². The van der Waals surface area contributed by atoms with Gasteiger partial charge in [0.15, 0.2) is 0 Å². The van der Waals surface area contributed by atoms with Crippen LogP contribution in [0.3, 0.4) is 0 Å². The van der Waals surface area contributed by atoms with E-state index in [1.807, 2.05) is 6.26 Å². The van der Waals surface area contributed by atoms with E-state index in [0.29, 0.717) is 5.75 Å². The molecule has 0 heterocycles. The number of carbonyl (C=O) groups excluding carboxylic acids is 2. The van der Waals surface area contributed by atoms with Crippen molar-refractivity contribution < 1.29 is 9.59 Å². The van der Waals surface area contributed by atoms with Gasteiger partial charge in [-0.1, -0.05) is 0 Å². The Kier molecular flexibility index (Phi) is 6.77. The van der Waals surface area contributed by atoms with Crippen molar-refractivity contribution in [2.75, 3.05) is 17.8 Å². The quantitative estimate of drug-likeness (QED) is 0.426. The van der Waals surface area contributed by atoms with Crippen LogP contribution in [-0.2, 0) is 9.59 Å². The van der Waals surface area contributed by atoms with Gasteiger partial charge in [0.2, 0.25) is 11.8 Å². The first-order valence-corrected chi connectivity index (χ1v) is 6.00. The maximum Gasteiger partial charge on any atom is 0.240 e. The van der Waals surface area contributed by atoms with Crippen LogP contribution in [0.15, 0.2) is 0 Å². The number of nitrogens with two attached hydrogens (primary N) is 2. The molecule has 0 aromatic rings. The van der Waals surface area contributed by atoms with Crippen molar-refractivity contribution in [3.63, 3.8) is 0 Å². The first-order valence-electron chi connectivity index (χ1n) is 3.98. The second-order valence-electron chi connectivity index (χ2n) is 2.71. The molecule has 0 aliphatic heterocycles. The minimum atomic E-state index is -0.706. The van der Waals surface area contributed by atoms with E-state index in [9.17, 15) is 9.59 Å². The molecule has 0 radical (unpaired) electrons. The smallest absolute Gasteiger partial charge is 0.240 e. The van der Waals surface area contributed by atoms with Crippen LogP contribution in [0.5, 0.6) is 0 Å². The Morgan fingerprint density at radius 1 is 1.57 bits per heavy atom. The number of thiol groups is 1. The molecule has 0 aromatic heterocycles. The van der Waals surface area contributed by atoms with E-state index < -0.39 is 23.9 Å². The molecule has 2 amide bonds. The monoisotopic (exact) mass is 237 g/mol. The molecule has 2 unspecified atom stereocenters. The van der Waals surface area contributed by atoms with Crippen LogP contribution in [-0.4, -0.2) is 41.7 Å². The average Bonchev–Trinajstić information content (AvgIpc) is 2.15. The summed E-state index contributed by atoms with van der Waals surface area (Å²) >= 11 is 5.30. The number of amides is 2. The molecule has 2 atom stereocenters. The lowest BCUT2D eigenvalue weighted by molar-refractivity contribution is -0.127. The second kappa shape index (κ2) is 6.97. The zero-order chi connectivity index (χ0) is 11.1. The van der Waals surface area contributed by atoms with Gasteiger partial charge in [0.1, 0.15) is 6.04 Å². The van der Waals surface area contributed by atoms with Gasteiger partial charge in [0.25, 0.3) is 0 Å². The molecule has 0 aliphatic rings. The molecular weight excluding hydrogens is 222 g/mol. The van der Waals surface area contributed by atoms with Crippen LogP contribution in [0.2, 0.25) is 0 Å². The molecule has 5 N–H and O–H groups in total. The summed E-state index contributed by atoms with van der Waals surface area (Å²) in [7, 11) is 0. The summed E-state index contributed by atoms with van der Waals surface area (Å²) in [5.41, 5.74) is 10.5. The number of rotatable bonds is 6. The highest BCUT2D eigenvalue weighted by molar-refractivity contribution is 7.98. The minimum absolute atomic E-state index is 0.233. The van der Waals surface area contributed by atoms with Crippen molar-refractivity contribution >= 4 is 36.2 Å². The third-order valence-corrected chi connectivity index (χ3v) is 2.59. The lowest BCUT2D eigenvalue weighted by Gasteiger charge is -2.16. The highest BCUT2D eigenvalue weighted by Crippen LogP contribution is 1.97. The Morgan fingerprint density at radius 2 is 2.14 bits per heavy atom. The third kappa shape index (κ3) is 4.73. The van der Waals surface area contributed by atoms with E-state index in [1.54, 1.807) is 0 Å². The lowest BCUT2D eigenvalue weighted by atomic mass is 10.2. The van der Waals surface area contributed by atoms with E-state index in [0.717, 1.165) is 0 Å². The molecule has 82 valence electrons. The van der Waals surface area contributed by atoms with Crippen molar-refractivity contribution in [1.29, 1.82) is 0 Å². The van der Waals surface area contributed by atoms with Crippen molar-refractivity contribution in [2.45, 2.75) is 12.1 Å². The first-order chi connectivity index (χ1) is 6.52. The standard InChI is InChI=1S/C7H15N3O2S2/c1-14-3-5(6(9)11)10-7(12)4(8)2-13/h4-5,13H,2-3,8H2,1H3,(H2,9,11)(H,10,12). The number of thioether (sulfide) groups is 1. The number of primary amides is 1. The highest BCUT2D eigenvalue weighted by atomic mass is 32.2. The van der Waals surface area contributed by atoms with Crippen LogP contribution in [0, 0.1) is 0 Å². The molecule has 0 saturated carbocycles. The highest BCUT2D eigenvalue weighted by Gasteiger charge is 2.20. The number of nitrogens with one attached hydrogen (secondary N) is 1. The summed E-state index contributed by atoms with van der Waals surface area (Å²) in [6, 6.07) is -1.37. The molecule has 0 aromatic carbocycles. The van der Waals surface area contributed by atoms with Crippen LogP contribution >= 0.6 is 24.4 Å². The fourth-order valence-electron chi connectivity index (χ4n) is 0.723. The van der Waals surface area contributed by atoms with Crippen molar-refractivity contribution in [1.82, 2.24) is 5.32 Å². The molecule has 14 heavy (non-hydrogen) atoms. The van der Waals surface area contributed by atoms with Gasteiger partial charge in [-0.25, -0.2) is 0 Å². The number of carbonyl (C=O) groups is 2. The molecular formula is C7H15N3O2S2. The summed E-state index contributed by atoms with van der Waals surface area (Å²) in [4.78, 5) is 22.1. The number of hydrogen-bond donors (Lipinski definition) is 4. The maximum absolute atomic E-state index is 11.3. The van der Waals surface area contributed by atoms with E-state index in [1.165, 1.54) is 11.8 Å². The Hall–Kier alpha value is -0.400. The zero-order valence-electron chi connectivity index (χ0n) is 7.90. The number of hydrogen-bond acceptors (Lipinski definition) is 5. The Labute approximate surface area is 92.8 Å². The SMILES string of the molecule is CSCC(NC(=O)C(N)CS)C(N)=O. The Morgan fingerprint density at radius 3 is 2.50 bits per heavy atom. The molecule has 0 saturated heterocycles. The van der Waals surface area contributed by atoms with Crippen LogP contribution in [0.1, 0.15) is 0 Å². The topological polar surface area (TPSA) is 98.2 Å². The van der Waals surface area contributed by atoms with E-state index in [2.05, 4.69) is 17.9 Å². The maximum atomic E-state index is 11.3. The van der Waals surface area contributed by atoms with Crippen molar-refractivity contribution in [3.8, 4) is 0 Å². The van der Waals surface area contributed by atoms with Gasteiger partial charge in [-0.3, -0.25) is 9.59 Å². The molecule has 0 aliphatic carbocycles. The third-order valence-electron chi connectivity index (χ3n) is 1.53. The largest absolute Gasteiger partial charge is 0.368 e. The van der Waals surface area contributed by atoms with Gasteiger partial charge in [0.05, 0.1) is 6.04 Å². The second-order valence-corrected chi connectivity index (χ2v) is 3.98. The molecule has 7 heteroatoms. The summed E-state index contributed by atoms with van der Waals surface area (Å²) in [6.07, 6.45) is 1.82. The van der Waals surface area contributed by atoms with Gasteiger partial charge in [0, 0.05) is 11.5 Å². The van der Waals surface area contributed by atoms with Crippen LogP contribution in [0.25, 0.3) is 0 Å². The molecule has 0 fully saturated rings. The normalized spacial score (nSPS) is 14.5. The summed E-state index contributed by atoms with van der Waals surface area (Å²) in [5.74, 6) is -0.284. The van der Waals surface area contributed by atoms with Crippen molar-refractivity contribution in [3.05, 3.63) is 0 Å². The molecule has 5 nitrogen and oxygen atoms in total. The average molecular weight is 237 g/mol. The fourth-order valence-corrected chi connectivity index (χ4v) is 1.47.